The fourth-order valence-corrected chi connectivity index (χ4v) is 2.41. The molecule has 0 saturated heterocycles. The van der Waals surface area contributed by atoms with Crippen LogP contribution in [0.25, 0.3) is 0 Å². The van der Waals surface area contributed by atoms with Gasteiger partial charge in [0.2, 0.25) is 5.90 Å². The van der Waals surface area contributed by atoms with Crippen molar-refractivity contribution in [2.24, 2.45) is 10.7 Å². The monoisotopic (exact) mass is 433 g/mol. The topological polar surface area (TPSA) is 100.0 Å². The molecule has 2 aromatic carbocycles. The molecule has 12 heteroatoms. The van der Waals surface area contributed by atoms with Gasteiger partial charge in [-0.25, -0.2) is 0 Å². The number of nitro groups is 1. The van der Waals surface area contributed by atoms with E-state index in [1.807, 2.05) is 0 Å². The Morgan fingerprint density at radius 2 is 1.96 bits per heavy atom. The van der Waals surface area contributed by atoms with Crippen LogP contribution in [0.15, 0.2) is 41.4 Å². The van der Waals surface area contributed by atoms with Crippen molar-refractivity contribution in [1.29, 1.82) is 0 Å². The largest absolute Gasteiger partial charge is 0.480 e. The fourth-order valence-electron chi connectivity index (χ4n) is 2.11. The summed E-state index contributed by atoms with van der Waals surface area (Å²) in [7, 11) is 1.21. The molecule has 0 bridgehead atoms. The summed E-state index contributed by atoms with van der Waals surface area (Å²) in [6.07, 6.45) is -4.56. The minimum absolute atomic E-state index is 0.0370. The summed E-state index contributed by atoms with van der Waals surface area (Å²) >= 11 is 10.5. The molecule has 0 spiro atoms. The van der Waals surface area contributed by atoms with Crippen molar-refractivity contribution in [3.8, 4) is 11.5 Å². The number of hydrogen-bond donors (Lipinski definition) is 1. The first-order chi connectivity index (χ1) is 13.0. The number of nitrogens with zero attached hydrogens (tertiary/aromatic N) is 2. The Hall–Kier alpha value is -2.92. The molecule has 0 atom stereocenters. The molecular weight excluding hydrogens is 423 g/mol. The van der Waals surface area contributed by atoms with Crippen molar-refractivity contribution in [2.45, 2.75) is 6.18 Å². The van der Waals surface area contributed by atoms with Gasteiger partial charge in [-0.1, -0.05) is 11.6 Å². The normalized spacial score (nSPS) is 11.8. The summed E-state index contributed by atoms with van der Waals surface area (Å²) in [5.41, 5.74) is 3.90. The predicted octanol–water partition coefficient (Wildman–Crippen LogP) is 4.70. The quantitative estimate of drug-likeness (QED) is 0.247. The first-order valence-electron chi connectivity index (χ1n) is 7.28. The maximum absolute atomic E-state index is 12.7. The summed E-state index contributed by atoms with van der Waals surface area (Å²) in [6, 6.07) is 6.08. The lowest BCUT2D eigenvalue weighted by molar-refractivity contribution is -0.385. The average molecular weight is 434 g/mol. The molecule has 0 aliphatic rings. The second kappa shape index (κ2) is 8.40. The van der Waals surface area contributed by atoms with Crippen LogP contribution in [0.4, 0.5) is 18.9 Å². The van der Waals surface area contributed by atoms with Crippen LogP contribution in [-0.4, -0.2) is 23.0 Å². The third-order valence-corrected chi connectivity index (χ3v) is 3.67. The van der Waals surface area contributed by atoms with Crippen molar-refractivity contribution in [3.63, 3.8) is 0 Å². The molecule has 0 fully saturated rings. The van der Waals surface area contributed by atoms with Gasteiger partial charge in [0.05, 0.1) is 22.6 Å². The van der Waals surface area contributed by atoms with Crippen molar-refractivity contribution >= 4 is 40.5 Å². The second-order valence-corrected chi connectivity index (χ2v) is 5.97. The van der Waals surface area contributed by atoms with Crippen molar-refractivity contribution in [3.05, 3.63) is 62.7 Å². The number of alkyl halides is 3. The van der Waals surface area contributed by atoms with Crippen LogP contribution in [0.3, 0.4) is 0 Å². The molecule has 0 aliphatic carbocycles. The number of aliphatic imine (C=N–C) groups is 1. The minimum atomic E-state index is -4.56. The lowest BCUT2D eigenvalue weighted by Gasteiger charge is -2.12. The van der Waals surface area contributed by atoms with E-state index in [1.54, 1.807) is 0 Å². The zero-order valence-electron chi connectivity index (χ0n) is 14.0. The minimum Gasteiger partial charge on any atom is -0.480 e. The highest BCUT2D eigenvalue weighted by Crippen LogP contribution is 2.37. The van der Waals surface area contributed by atoms with E-state index in [0.717, 1.165) is 18.2 Å². The van der Waals surface area contributed by atoms with Gasteiger partial charge in [0.1, 0.15) is 17.1 Å². The smallest absolute Gasteiger partial charge is 0.416 e. The molecule has 148 valence electrons. The van der Waals surface area contributed by atoms with Crippen LogP contribution >= 0.6 is 23.8 Å². The SMILES string of the molecule is COC(=NC(N)=S)c1cc(Oc2ccc(C(F)(F)F)cc2Cl)ccc1[N+](=O)[O-]. The first kappa shape index (κ1) is 21.4. The molecule has 0 saturated carbocycles. The van der Waals surface area contributed by atoms with E-state index < -0.39 is 16.7 Å². The standard InChI is InChI=1S/C16H11ClF3N3O4S/c1-26-14(22-15(21)28)10-7-9(3-4-12(10)23(24)25)27-13-5-2-8(6-11(13)17)16(18,19)20/h2-7H,1H3,(H2,21,28). The third kappa shape index (κ3) is 5.08. The van der Waals surface area contributed by atoms with Crippen LogP contribution < -0.4 is 10.5 Å². The van der Waals surface area contributed by atoms with Crippen molar-refractivity contribution in [2.75, 3.05) is 7.11 Å². The number of methoxy groups -OCH3 is 1. The van der Waals surface area contributed by atoms with Crippen LogP contribution in [0.2, 0.25) is 5.02 Å². The molecule has 2 N–H and O–H groups in total. The molecule has 28 heavy (non-hydrogen) atoms. The Morgan fingerprint density at radius 1 is 1.29 bits per heavy atom. The second-order valence-electron chi connectivity index (χ2n) is 5.14. The Labute approximate surface area is 166 Å². The predicted molar refractivity (Wildman–Crippen MR) is 100.0 cm³/mol. The highest BCUT2D eigenvalue weighted by atomic mass is 35.5. The van der Waals surface area contributed by atoms with E-state index in [0.29, 0.717) is 6.07 Å². The van der Waals surface area contributed by atoms with E-state index in [9.17, 15) is 23.3 Å². The maximum atomic E-state index is 12.7. The third-order valence-electron chi connectivity index (χ3n) is 3.29. The maximum Gasteiger partial charge on any atom is 0.416 e. The van der Waals surface area contributed by atoms with E-state index in [2.05, 4.69) is 17.2 Å². The highest BCUT2D eigenvalue weighted by molar-refractivity contribution is 7.80. The van der Waals surface area contributed by atoms with Crippen LogP contribution in [-0.2, 0) is 10.9 Å². The number of ether oxygens (including phenoxy) is 2. The van der Waals surface area contributed by atoms with Gasteiger partial charge in [0.25, 0.3) is 5.69 Å². The summed E-state index contributed by atoms with van der Waals surface area (Å²) in [5, 5.41) is 10.6. The number of nitro benzene ring substituents is 1. The molecule has 0 aromatic heterocycles. The van der Waals surface area contributed by atoms with E-state index >= 15 is 0 Å². The van der Waals surface area contributed by atoms with Crippen LogP contribution in [0, 0.1) is 10.1 Å². The molecule has 2 rings (SSSR count). The first-order valence-corrected chi connectivity index (χ1v) is 8.07. The fraction of sp³-hybridized carbons (Fsp3) is 0.125. The van der Waals surface area contributed by atoms with Gasteiger partial charge in [0.15, 0.2) is 5.11 Å². The Kier molecular flexibility index (Phi) is 6.41. The molecule has 0 aliphatic heterocycles. The lowest BCUT2D eigenvalue weighted by atomic mass is 10.1. The number of rotatable bonds is 4. The van der Waals surface area contributed by atoms with Gasteiger partial charge >= 0.3 is 6.18 Å². The van der Waals surface area contributed by atoms with E-state index in [-0.39, 0.29) is 38.8 Å². The number of hydrogen-bond acceptors (Lipinski definition) is 5. The van der Waals surface area contributed by atoms with Crippen molar-refractivity contribution < 1.29 is 27.6 Å². The van der Waals surface area contributed by atoms with Gasteiger partial charge in [-0.2, -0.15) is 18.2 Å². The van der Waals surface area contributed by atoms with E-state index in [1.165, 1.54) is 19.2 Å². The number of thiocarbonyl (C=S) groups is 1. The summed E-state index contributed by atoms with van der Waals surface area (Å²) in [5.74, 6) is -0.280. The van der Waals surface area contributed by atoms with Crippen molar-refractivity contribution in [1.82, 2.24) is 0 Å². The molecule has 0 heterocycles. The number of benzene rings is 2. The highest BCUT2D eigenvalue weighted by Gasteiger charge is 2.31. The molecule has 0 radical (unpaired) electrons. The van der Waals surface area contributed by atoms with Gasteiger partial charge < -0.3 is 15.2 Å². The van der Waals surface area contributed by atoms with Crippen LogP contribution in [0.1, 0.15) is 11.1 Å². The van der Waals surface area contributed by atoms with Gasteiger partial charge in [-0.3, -0.25) is 10.1 Å². The zero-order valence-corrected chi connectivity index (χ0v) is 15.6. The van der Waals surface area contributed by atoms with Gasteiger partial charge in [-0.05, 0) is 36.5 Å². The molecular formula is C16H11ClF3N3O4S. The Balaban J connectivity index is 2.47. The summed E-state index contributed by atoms with van der Waals surface area (Å²) in [6.45, 7) is 0. The van der Waals surface area contributed by atoms with Gasteiger partial charge in [0, 0.05) is 12.1 Å². The molecule has 7 nitrogen and oxygen atoms in total. The lowest BCUT2D eigenvalue weighted by Crippen LogP contribution is -2.13. The Bertz CT molecular complexity index is 967. The number of halogens is 4. The zero-order chi connectivity index (χ0) is 21.1. The summed E-state index contributed by atoms with van der Waals surface area (Å²) in [4.78, 5) is 14.3. The summed E-state index contributed by atoms with van der Waals surface area (Å²) < 4.78 is 48.6. The molecule has 0 amide bonds. The van der Waals surface area contributed by atoms with Crippen LogP contribution in [0.5, 0.6) is 11.5 Å². The average Bonchev–Trinajstić information content (AvgIpc) is 2.60. The van der Waals surface area contributed by atoms with E-state index in [4.69, 9.17) is 26.8 Å². The molecule has 0 unspecified atom stereocenters. The number of nitrogens with two attached hydrogens (primary N) is 1. The molecule has 2 aromatic rings. The Morgan fingerprint density at radius 3 is 2.46 bits per heavy atom. The van der Waals surface area contributed by atoms with Gasteiger partial charge in [-0.15, -0.1) is 0 Å².